The Labute approximate surface area is 128 Å². The minimum atomic E-state index is -4.55. The molecule has 0 fully saturated rings. The summed E-state index contributed by atoms with van der Waals surface area (Å²) in [5.41, 5.74) is -1.08. The van der Waals surface area contributed by atoms with Gasteiger partial charge in [-0.3, -0.25) is 4.72 Å². The topological polar surface area (TPSA) is 46.2 Å². The molecule has 0 saturated heterocycles. The molecular formula is C11H12BrClF3NO2S. The van der Waals surface area contributed by atoms with E-state index in [1.807, 2.05) is 0 Å². The molecule has 0 aliphatic rings. The normalized spacial score (nSPS) is 14.1. The van der Waals surface area contributed by atoms with Crippen LogP contribution in [-0.2, 0) is 16.2 Å². The van der Waals surface area contributed by atoms with Crippen LogP contribution in [0.3, 0.4) is 0 Å². The van der Waals surface area contributed by atoms with Gasteiger partial charge in [-0.05, 0) is 24.1 Å². The molecule has 0 aliphatic heterocycles. The molecule has 1 aromatic carbocycles. The van der Waals surface area contributed by atoms with Crippen molar-refractivity contribution in [2.75, 3.05) is 16.4 Å². The van der Waals surface area contributed by atoms with Crippen LogP contribution in [0.2, 0.25) is 0 Å². The van der Waals surface area contributed by atoms with Gasteiger partial charge in [0.2, 0.25) is 10.0 Å². The zero-order valence-corrected chi connectivity index (χ0v) is 13.5. The summed E-state index contributed by atoms with van der Waals surface area (Å²) in [7, 11) is -3.75. The zero-order chi connectivity index (χ0) is 15.6. The fourth-order valence-corrected chi connectivity index (χ4v) is 3.61. The molecule has 0 aliphatic carbocycles. The molecule has 0 saturated carbocycles. The Balaban J connectivity index is 3.01. The molecule has 114 valence electrons. The first-order chi connectivity index (χ1) is 9.03. The highest BCUT2D eigenvalue weighted by atomic mass is 79.9. The summed E-state index contributed by atoms with van der Waals surface area (Å²) >= 11 is 8.44. The van der Waals surface area contributed by atoms with Gasteiger partial charge in [0.1, 0.15) is 0 Å². The van der Waals surface area contributed by atoms with Crippen molar-refractivity contribution < 1.29 is 21.6 Å². The van der Waals surface area contributed by atoms with Crippen molar-refractivity contribution in [3.05, 3.63) is 28.2 Å². The van der Waals surface area contributed by atoms with Crippen LogP contribution in [0.4, 0.5) is 18.9 Å². The van der Waals surface area contributed by atoms with Crippen LogP contribution in [0.25, 0.3) is 0 Å². The maximum atomic E-state index is 12.6. The van der Waals surface area contributed by atoms with Crippen LogP contribution in [0, 0.1) is 5.92 Å². The highest BCUT2D eigenvalue weighted by Crippen LogP contribution is 2.33. The third kappa shape index (κ3) is 5.49. The van der Waals surface area contributed by atoms with Crippen molar-refractivity contribution in [2.45, 2.75) is 13.1 Å². The quantitative estimate of drug-likeness (QED) is 0.765. The smallest absolute Gasteiger partial charge is 0.283 e. The fraction of sp³-hybridized carbons (Fsp3) is 0.455. The van der Waals surface area contributed by atoms with Crippen molar-refractivity contribution in [3.63, 3.8) is 0 Å². The second-order valence-corrected chi connectivity index (χ2v) is 7.36. The lowest BCUT2D eigenvalue weighted by molar-refractivity contribution is -0.137. The molecule has 3 nitrogen and oxygen atoms in total. The molecule has 0 amide bonds. The lowest BCUT2D eigenvalue weighted by atomic mass is 10.2. The minimum absolute atomic E-state index is 0.135. The number of anilines is 1. The molecule has 1 N–H and O–H groups in total. The molecular weight excluding hydrogens is 383 g/mol. The van der Waals surface area contributed by atoms with E-state index in [-0.39, 0.29) is 27.7 Å². The zero-order valence-electron chi connectivity index (χ0n) is 10.3. The molecule has 0 bridgehead atoms. The van der Waals surface area contributed by atoms with Gasteiger partial charge < -0.3 is 0 Å². The molecule has 9 heteroatoms. The van der Waals surface area contributed by atoms with Crippen LogP contribution < -0.4 is 4.72 Å². The highest BCUT2D eigenvalue weighted by Gasteiger charge is 2.31. The van der Waals surface area contributed by atoms with E-state index in [0.29, 0.717) is 0 Å². The number of benzene rings is 1. The standard InChI is InChI=1S/C11H12BrClF3NO2S/c1-7(5-13)6-20(18,19)17-10-3-8(11(14,15)16)2-9(12)4-10/h2-4,7,17H,5-6H2,1H3. The van der Waals surface area contributed by atoms with Crippen molar-refractivity contribution in [1.82, 2.24) is 0 Å². The van der Waals surface area contributed by atoms with Gasteiger partial charge in [-0.15, -0.1) is 11.6 Å². The summed E-state index contributed by atoms with van der Waals surface area (Å²) in [5, 5.41) is 0. The van der Waals surface area contributed by atoms with Gasteiger partial charge in [0, 0.05) is 10.4 Å². The Morgan fingerprint density at radius 2 is 1.95 bits per heavy atom. The van der Waals surface area contributed by atoms with E-state index in [0.717, 1.165) is 12.1 Å². The lowest BCUT2D eigenvalue weighted by Crippen LogP contribution is -2.22. The fourth-order valence-electron chi connectivity index (χ4n) is 1.45. The van der Waals surface area contributed by atoms with E-state index in [1.54, 1.807) is 6.92 Å². The number of rotatable bonds is 5. The second kappa shape index (κ2) is 6.53. The Hall–Kier alpha value is -0.470. The third-order valence-corrected chi connectivity index (χ3v) is 4.81. The average Bonchev–Trinajstić information content (AvgIpc) is 2.25. The predicted octanol–water partition coefficient (Wildman–Crippen LogP) is 4.08. The molecule has 0 radical (unpaired) electrons. The monoisotopic (exact) mass is 393 g/mol. The van der Waals surface area contributed by atoms with Gasteiger partial charge in [0.15, 0.2) is 0 Å². The highest BCUT2D eigenvalue weighted by molar-refractivity contribution is 9.10. The van der Waals surface area contributed by atoms with Crippen molar-refractivity contribution >= 4 is 43.2 Å². The molecule has 20 heavy (non-hydrogen) atoms. The van der Waals surface area contributed by atoms with E-state index >= 15 is 0 Å². The Bertz CT molecular complexity index is 578. The van der Waals surface area contributed by atoms with E-state index in [4.69, 9.17) is 11.6 Å². The number of nitrogens with one attached hydrogen (secondary N) is 1. The molecule has 0 aromatic heterocycles. The summed E-state index contributed by atoms with van der Waals surface area (Å²) in [5.74, 6) is -0.416. The summed E-state index contributed by atoms with van der Waals surface area (Å²) in [6, 6.07) is 2.88. The Morgan fingerprint density at radius 1 is 1.35 bits per heavy atom. The van der Waals surface area contributed by atoms with Crippen LogP contribution in [0.15, 0.2) is 22.7 Å². The van der Waals surface area contributed by atoms with Gasteiger partial charge in [-0.1, -0.05) is 22.9 Å². The molecule has 1 unspecified atom stereocenters. The van der Waals surface area contributed by atoms with E-state index in [1.165, 1.54) is 6.07 Å². The van der Waals surface area contributed by atoms with Crippen molar-refractivity contribution in [2.24, 2.45) is 5.92 Å². The Morgan fingerprint density at radius 3 is 2.45 bits per heavy atom. The molecule has 0 spiro atoms. The Kier molecular flexibility index (Phi) is 5.74. The summed E-state index contributed by atoms with van der Waals surface area (Å²) in [4.78, 5) is 0. The molecule has 1 aromatic rings. The number of hydrogen-bond acceptors (Lipinski definition) is 2. The third-order valence-electron chi connectivity index (χ3n) is 2.27. The molecule has 1 atom stereocenters. The van der Waals surface area contributed by atoms with Gasteiger partial charge in [0.25, 0.3) is 0 Å². The van der Waals surface area contributed by atoms with Gasteiger partial charge >= 0.3 is 6.18 Å². The first-order valence-electron chi connectivity index (χ1n) is 5.48. The predicted molar refractivity (Wildman–Crippen MR) is 76.4 cm³/mol. The average molecular weight is 395 g/mol. The van der Waals surface area contributed by atoms with E-state index in [9.17, 15) is 21.6 Å². The van der Waals surface area contributed by atoms with E-state index in [2.05, 4.69) is 20.7 Å². The van der Waals surface area contributed by atoms with Crippen molar-refractivity contribution in [1.29, 1.82) is 0 Å². The second-order valence-electron chi connectivity index (χ2n) is 4.37. The molecule has 0 heterocycles. The maximum absolute atomic E-state index is 12.6. The maximum Gasteiger partial charge on any atom is 0.416 e. The van der Waals surface area contributed by atoms with Gasteiger partial charge in [0.05, 0.1) is 17.0 Å². The number of sulfonamides is 1. The number of halogens is 5. The van der Waals surface area contributed by atoms with Gasteiger partial charge in [-0.2, -0.15) is 13.2 Å². The largest absolute Gasteiger partial charge is 0.416 e. The molecule has 1 rings (SSSR count). The van der Waals surface area contributed by atoms with Crippen LogP contribution in [0.5, 0.6) is 0 Å². The number of alkyl halides is 4. The van der Waals surface area contributed by atoms with Crippen molar-refractivity contribution in [3.8, 4) is 0 Å². The first-order valence-corrected chi connectivity index (χ1v) is 8.46. The minimum Gasteiger partial charge on any atom is -0.283 e. The summed E-state index contributed by atoms with van der Waals surface area (Å²) < 4.78 is 63.7. The summed E-state index contributed by atoms with van der Waals surface area (Å²) in [6.45, 7) is 1.63. The first kappa shape index (κ1) is 17.6. The van der Waals surface area contributed by atoms with Crippen LogP contribution in [0.1, 0.15) is 12.5 Å². The van der Waals surface area contributed by atoms with E-state index < -0.39 is 21.8 Å². The van der Waals surface area contributed by atoms with Crippen LogP contribution in [-0.4, -0.2) is 20.1 Å². The number of hydrogen-bond donors (Lipinski definition) is 1. The van der Waals surface area contributed by atoms with Gasteiger partial charge in [-0.25, -0.2) is 8.42 Å². The summed E-state index contributed by atoms with van der Waals surface area (Å²) in [6.07, 6.45) is -4.55. The lowest BCUT2D eigenvalue weighted by Gasteiger charge is -2.13. The van der Waals surface area contributed by atoms with Crippen LogP contribution >= 0.6 is 27.5 Å². The SMILES string of the molecule is CC(CCl)CS(=O)(=O)Nc1cc(Br)cc(C(F)(F)F)c1.